The molecule has 0 saturated carbocycles. The van der Waals surface area contributed by atoms with Gasteiger partial charge in [-0.05, 0) is 19.8 Å². The summed E-state index contributed by atoms with van der Waals surface area (Å²) in [7, 11) is -6.59. The molecule has 1 aliphatic heterocycles. The Hall–Kier alpha value is -0.180. The fourth-order valence-corrected chi connectivity index (χ4v) is 4.48. The van der Waals surface area contributed by atoms with E-state index in [4.69, 9.17) is 5.73 Å². The molecule has 3 N–H and O–H groups in total. The number of rotatable bonds is 4. The highest BCUT2D eigenvalue weighted by Gasteiger charge is 2.29. The van der Waals surface area contributed by atoms with Gasteiger partial charge in [0.25, 0.3) is 0 Å². The van der Waals surface area contributed by atoms with Crippen LogP contribution in [0.25, 0.3) is 0 Å². The van der Waals surface area contributed by atoms with Crippen LogP contribution in [0.3, 0.4) is 0 Å². The van der Waals surface area contributed by atoms with Crippen molar-refractivity contribution in [2.24, 2.45) is 5.73 Å². The molecule has 0 spiro atoms. The first-order valence-corrected chi connectivity index (χ1v) is 8.55. The second-order valence-electron chi connectivity index (χ2n) is 4.16. The van der Waals surface area contributed by atoms with Crippen LogP contribution in [0, 0.1) is 0 Å². The van der Waals surface area contributed by atoms with Crippen LogP contribution in [0.2, 0.25) is 0 Å². The Balaban J connectivity index is 2.68. The fourth-order valence-electron chi connectivity index (χ4n) is 1.59. The van der Waals surface area contributed by atoms with Gasteiger partial charge in [0.1, 0.15) is 0 Å². The highest BCUT2D eigenvalue weighted by molar-refractivity contribution is 7.91. The SMILES string of the molecule is CC(CN)S(=O)(=O)NC1CCCS(=O)(=O)C1. The molecule has 0 aromatic carbocycles. The Morgan fingerprint density at radius 1 is 1.50 bits per heavy atom. The largest absolute Gasteiger partial charge is 0.329 e. The van der Waals surface area contributed by atoms with Crippen molar-refractivity contribution in [1.82, 2.24) is 4.72 Å². The lowest BCUT2D eigenvalue weighted by molar-refractivity contribution is 0.512. The van der Waals surface area contributed by atoms with E-state index in [1.165, 1.54) is 6.92 Å². The smallest absolute Gasteiger partial charge is 0.215 e. The van der Waals surface area contributed by atoms with Crippen LogP contribution < -0.4 is 10.5 Å². The third-order valence-electron chi connectivity index (χ3n) is 2.66. The van der Waals surface area contributed by atoms with Crippen molar-refractivity contribution >= 4 is 19.9 Å². The van der Waals surface area contributed by atoms with Gasteiger partial charge < -0.3 is 5.73 Å². The highest BCUT2D eigenvalue weighted by Crippen LogP contribution is 2.13. The van der Waals surface area contributed by atoms with Crippen LogP contribution in [-0.4, -0.2) is 46.2 Å². The number of nitrogens with one attached hydrogen (secondary N) is 1. The van der Waals surface area contributed by atoms with Gasteiger partial charge in [-0.1, -0.05) is 0 Å². The van der Waals surface area contributed by atoms with E-state index in [1.54, 1.807) is 0 Å². The Labute approximate surface area is 96.6 Å². The number of hydrogen-bond donors (Lipinski definition) is 2. The van der Waals surface area contributed by atoms with Crippen molar-refractivity contribution in [1.29, 1.82) is 0 Å². The highest BCUT2D eigenvalue weighted by atomic mass is 32.2. The molecule has 96 valence electrons. The standard InChI is InChI=1S/C8H18N2O4S2/c1-7(5-9)16(13,14)10-8-3-2-4-15(11,12)6-8/h7-8,10H,2-6,9H2,1H3. The molecule has 0 aliphatic carbocycles. The second-order valence-corrected chi connectivity index (χ2v) is 8.52. The van der Waals surface area contributed by atoms with Gasteiger partial charge in [0.15, 0.2) is 9.84 Å². The first-order valence-electron chi connectivity index (χ1n) is 5.18. The van der Waals surface area contributed by atoms with E-state index in [9.17, 15) is 16.8 Å². The van der Waals surface area contributed by atoms with Crippen LogP contribution in [0.15, 0.2) is 0 Å². The van der Waals surface area contributed by atoms with Crippen LogP contribution >= 0.6 is 0 Å². The maximum Gasteiger partial charge on any atom is 0.215 e. The fraction of sp³-hybridized carbons (Fsp3) is 1.00. The van der Waals surface area contributed by atoms with Crippen molar-refractivity contribution in [3.05, 3.63) is 0 Å². The van der Waals surface area contributed by atoms with Gasteiger partial charge in [-0.3, -0.25) is 0 Å². The molecule has 1 aliphatic rings. The van der Waals surface area contributed by atoms with Crippen molar-refractivity contribution < 1.29 is 16.8 Å². The summed E-state index contributed by atoms with van der Waals surface area (Å²) in [5, 5.41) is -0.697. The summed E-state index contributed by atoms with van der Waals surface area (Å²) in [5.74, 6) is 0.0428. The molecular formula is C8H18N2O4S2. The lowest BCUT2D eigenvalue weighted by Crippen LogP contribution is -2.47. The van der Waals surface area contributed by atoms with E-state index >= 15 is 0 Å². The van der Waals surface area contributed by atoms with Crippen LogP contribution in [-0.2, 0) is 19.9 Å². The van der Waals surface area contributed by atoms with Gasteiger partial charge in [-0.2, -0.15) is 0 Å². The molecule has 2 unspecified atom stereocenters. The van der Waals surface area contributed by atoms with Crippen LogP contribution in [0.1, 0.15) is 19.8 Å². The van der Waals surface area contributed by atoms with Crippen LogP contribution in [0.5, 0.6) is 0 Å². The van der Waals surface area contributed by atoms with Gasteiger partial charge in [0.2, 0.25) is 10.0 Å². The molecule has 1 heterocycles. The monoisotopic (exact) mass is 270 g/mol. The average Bonchev–Trinajstić information content (AvgIpc) is 2.14. The normalized spacial score (nSPS) is 27.5. The van der Waals surface area contributed by atoms with E-state index < -0.39 is 31.2 Å². The van der Waals surface area contributed by atoms with Gasteiger partial charge >= 0.3 is 0 Å². The summed E-state index contributed by atoms with van der Waals surface area (Å²) in [5.41, 5.74) is 5.28. The first kappa shape index (κ1) is 13.9. The number of sulfonamides is 1. The zero-order chi connectivity index (χ0) is 12.4. The summed E-state index contributed by atoms with van der Waals surface area (Å²) in [6.07, 6.45) is 1.07. The molecular weight excluding hydrogens is 252 g/mol. The van der Waals surface area contributed by atoms with Crippen molar-refractivity contribution in [3.63, 3.8) is 0 Å². The summed E-state index contributed by atoms with van der Waals surface area (Å²) in [6, 6.07) is -0.502. The molecule has 0 aromatic rings. The molecule has 0 bridgehead atoms. The minimum atomic E-state index is -3.50. The minimum Gasteiger partial charge on any atom is -0.329 e. The van der Waals surface area contributed by atoms with E-state index in [1.807, 2.05) is 0 Å². The molecule has 16 heavy (non-hydrogen) atoms. The van der Waals surface area contributed by atoms with Gasteiger partial charge in [-0.25, -0.2) is 21.6 Å². The topological polar surface area (TPSA) is 106 Å². The Kier molecular flexibility index (Phi) is 4.33. The summed E-state index contributed by atoms with van der Waals surface area (Å²) >= 11 is 0. The molecule has 0 radical (unpaired) electrons. The quantitative estimate of drug-likeness (QED) is 0.669. The first-order chi connectivity index (χ1) is 7.27. The van der Waals surface area contributed by atoms with Gasteiger partial charge in [0.05, 0.1) is 16.8 Å². The maximum absolute atomic E-state index is 11.7. The predicted molar refractivity (Wildman–Crippen MR) is 62.2 cm³/mol. The predicted octanol–water partition coefficient (Wildman–Crippen LogP) is -1.17. The zero-order valence-corrected chi connectivity index (χ0v) is 10.9. The molecule has 1 saturated heterocycles. The molecule has 6 nitrogen and oxygen atoms in total. The Bertz CT molecular complexity index is 429. The van der Waals surface area contributed by atoms with Crippen LogP contribution in [0.4, 0.5) is 0 Å². The Morgan fingerprint density at radius 2 is 2.12 bits per heavy atom. The van der Waals surface area contributed by atoms with Crippen molar-refractivity contribution in [3.8, 4) is 0 Å². The molecule has 1 rings (SSSR count). The molecule has 2 atom stereocenters. The van der Waals surface area contributed by atoms with E-state index in [0.29, 0.717) is 12.8 Å². The van der Waals surface area contributed by atoms with Crippen molar-refractivity contribution in [2.75, 3.05) is 18.1 Å². The average molecular weight is 270 g/mol. The van der Waals surface area contributed by atoms with Gasteiger partial charge in [0, 0.05) is 12.6 Å². The summed E-state index contributed by atoms with van der Waals surface area (Å²) in [6.45, 7) is 1.52. The number of nitrogens with two attached hydrogens (primary N) is 1. The number of sulfone groups is 1. The van der Waals surface area contributed by atoms with E-state index in [2.05, 4.69) is 4.72 Å². The lowest BCUT2D eigenvalue weighted by Gasteiger charge is -2.24. The second kappa shape index (κ2) is 4.99. The van der Waals surface area contributed by atoms with Gasteiger partial charge in [-0.15, -0.1) is 0 Å². The Morgan fingerprint density at radius 3 is 2.62 bits per heavy atom. The third kappa shape index (κ3) is 3.69. The molecule has 0 aromatic heterocycles. The molecule has 1 fully saturated rings. The van der Waals surface area contributed by atoms with E-state index in [0.717, 1.165) is 0 Å². The number of hydrogen-bond acceptors (Lipinski definition) is 5. The zero-order valence-electron chi connectivity index (χ0n) is 9.22. The summed E-state index contributed by atoms with van der Waals surface area (Å²) < 4.78 is 48.4. The van der Waals surface area contributed by atoms with E-state index in [-0.39, 0.29) is 18.1 Å². The summed E-state index contributed by atoms with van der Waals surface area (Å²) in [4.78, 5) is 0. The third-order valence-corrected chi connectivity index (χ3v) is 6.39. The maximum atomic E-state index is 11.7. The minimum absolute atomic E-state index is 0.0226. The lowest BCUT2D eigenvalue weighted by atomic mass is 10.2. The van der Waals surface area contributed by atoms with Crippen molar-refractivity contribution in [2.45, 2.75) is 31.1 Å². The molecule has 0 amide bonds. The molecule has 8 heteroatoms.